The number of aromatic nitrogens is 3. The van der Waals surface area contributed by atoms with Crippen molar-refractivity contribution in [3.63, 3.8) is 0 Å². The van der Waals surface area contributed by atoms with Crippen LogP contribution in [0.2, 0.25) is 0 Å². The first kappa shape index (κ1) is 19.7. The maximum absolute atomic E-state index is 8.00. The van der Waals surface area contributed by atoms with E-state index in [1.807, 2.05) is 32.3 Å². The minimum absolute atomic E-state index is 0.179. The summed E-state index contributed by atoms with van der Waals surface area (Å²) in [5, 5.41) is 10.7. The minimum atomic E-state index is 0.179. The van der Waals surface area contributed by atoms with Crippen molar-refractivity contribution >= 4 is 12.5 Å². The molecule has 7 heteroatoms. The Labute approximate surface area is 181 Å². The number of benzene rings is 1. The second-order valence-electron chi connectivity index (χ2n) is 8.06. The molecule has 0 radical (unpaired) electrons. The largest absolute Gasteiger partial charge is 0.310 e. The smallest absolute Gasteiger partial charge is 0.106 e. The van der Waals surface area contributed by atoms with Gasteiger partial charge in [0.2, 0.25) is 0 Å². The van der Waals surface area contributed by atoms with Crippen LogP contribution in [0.1, 0.15) is 36.1 Å². The molecule has 6 rings (SSSR count). The van der Waals surface area contributed by atoms with Crippen molar-refractivity contribution in [2.45, 2.75) is 31.2 Å². The fraction of sp³-hybridized carbons (Fsp3) is 0.292. The molecule has 1 aliphatic heterocycles. The van der Waals surface area contributed by atoms with Gasteiger partial charge < -0.3 is 10.1 Å². The summed E-state index contributed by atoms with van der Waals surface area (Å²) in [6.45, 7) is 2.00. The van der Waals surface area contributed by atoms with Crippen LogP contribution in [-0.2, 0) is 16.8 Å². The first-order chi connectivity index (χ1) is 15.3. The Morgan fingerprint density at radius 1 is 1.06 bits per heavy atom. The minimum Gasteiger partial charge on any atom is -0.310 e. The Balaban J connectivity index is 0.000000994. The Hall–Kier alpha value is -3.29. The molecule has 0 atom stereocenters. The van der Waals surface area contributed by atoms with Crippen LogP contribution in [0.4, 0.5) is 0 Å². The van der Waals surface area contributed by atoms with Gasteiger partial charge in [0.15, 0.2) is 0 Å². The number of pyridine rings is 1. The Morgan fingerprint density at radius 3 is 2.45 bits per heavy atom. The lowest BCUT2D eigenvalue weighted by Crippen LogP contribution is -2.24. The van der Waals surface area contributed by atoms with Gasteiger partial charge in [-0.25, -0.2) is 10.1 Å². The van der Waals surface area contributed by atoms with Crippen LogP contribution < -0.4 is 10.7 Å². The highest BCUT2D eigenvalue weighted by Gasteiger charge is 2.44. The fourth-order valence-electron chi connectivity index (χ4n) is 4.74. The van der Waals surface area contributed by atoms with Crippen molar-refractivity contribution in [3.05, 3.63) is 71.3 Å². The van der Waals surface area contributed by atoms with Crippen LogP contribution in [0.5, 0.6) is 0 Å². The van der Waals surface area contributed by atoms with Gasteiger partial charge in [0.1, 0.15) is 12.5 Å². The lowest BCUT2D eigenvalue weighted by Gasteiger charge is -2.15. The Bertz CT molecular complexity index is 1140. The molecule has 3 aromatic rings. The highest BCUT2D eigenvalue weighted by Crippen LogP contribution is 2.49. The van der Waals surface area contributed by atoms with Crippen molar-refractivity contribution < 1.29 is 4.79 Å². The maximum atomic E-state index is 8.00. The van der Waals surface area contributed by atoms with Gasteiger partial charge in [0.05, 0.1) is 22.8 Å². The molecule has 0 amide bonds. The second kappa shape index (κ2) is 7.44. The van der Waals surface area contributed by atoms with Gasteiger partial charge in [-0.1, -0.05) is 12.1 Å². The SMILES string of the molecule is C=O.CNN1C2=C1c1c(c(-c3cccnc3)nn1-c1ccc(C3(NC)CC3)cc1)CC2. The van der Waals surface area contributed by atoms with Crippen molar-refractivity contribution in [2.75, 3.05) is 14.1 Å². The molecule has 0 unspecified atom stereocenters. The van der Waals surface area contributed by atoms with E-state index >= 15 is 0 Å². The number of hydrazine groups is 1. The van der Waals surface area contributed by atoms with E-state index < -0.39 is 0 Å². The summed E-state index contributed by atoms with van der Waals surface area (Å²) in [5.74, 6) is 0. The zero-order chi connectivity index (χ0) is 21.6. The molecule has 31 heavy (non-hydrogen) atoms. The molecule has 1 fully saturated rings. The lowest BCUT2D eigenvalue weighted by atomic mass is 9.98. The van der Waals surface area contributed by atoms with E-state index in [0.29, 0.717) is 0 Å². The van der Waals surface area contributed by atoms with Gasteiger partial charge in [0.25, 0.3) is 0 Å². The highest BCUT2D eigenvalue weighted by atomic mass is 16.1. The third-order valence-electron chi connectivity index (χ3n) is 6.59. The summed E-state index contributed by atoms with van der Waals surface area (Å²) in [6, 6.07) is 13.0. The topological polar surface area (TPSA) is 74.8 Å². The number of carbonyl (C=O) groups is 1. The molecule has 7 nitrogen and oxygen atoms in total. The van der Waals surface area contributed by atoms with Crippen LogP contribution in [0, 0.1) is 0 Å². The molecule has 1 aromatic carbocycles. The summed E-state index contributed by atoms with van der Waals surface area (Å²) < 4.78 is 2.12. The summed E-state index contributed by atoms with van der Waals surface area (Å²) in [5.41, 5.74) is 13.2. The summed E-state index contributed by atoms with van der Waals surface area (Å²) in [7, 11) is 4.03. The number of hydrogen-bond acceptors (Lipinski definition) is 6. The van der Waals surface area contributed by atoms with E-state index in [2.05, 4.69) is 62.8 Å². The zero-order valence-electron chi connectivity index (χ0n) is 17.9. The van der Waals surface area contributed by atoms with Crippen LogP contribution in [0.15, 0.2) is 54.5 Å². The molecule has 2 N–H and O–H groups in total. The van der Waals surface area contributed by atoms with E-state index in [9.17, 15) is 0 Å². The van der Waals surface area contributed by atoms with Crippen molar-refractivity contribution in [1.29, 1.82) is 0 Å². The van der Waals surface area contributed by atoms with Crippen LogP contribution >= 0.6 is 0 Å². The number of rotatable bonds is 5. The molecule has 3 heterocycles. The Morgan fingerprint density at radius 2 is 1.84 bits per heavy atom. The van der Waals surface area contributed by atoms with Gasteiger partial charge in [-0.05, 0) is 62.6 Å². The molecule has 158 valence electrons. The highest BCUT2D eigenvalue weighted by molar-refractivity contribution is 5.85. The molecule has 0 saturated heterocycles. The Kier molecular flexibility index (Phi) is 4.72. The van der Waals surface area contributed by atoms with Crippen molar-refractivity contribution in [1.82, 2.24) is 30.5 Å². The summed E-state index contributed by atoms with van der Waals surface area (Å²) in [6.07, 6.45) is 8.18. The molecule has 2 aliphatic carbocycles. The van der Waals surface area contributed by atoms with Crippen molar-refractivity contribution in [2.24, 2.45) is 0 Å². The van der Waals surface area contributed by atoms with Crippen molar-refractivity contribution in [3.8, 4) is 16.9 Å². The van der Waals surface area contributed by atoms with Gasteiger partial charge >= 0.3 is 0 Å². The van der Waals surface area contributed by atoms with Gasteiger partial charge in [-0.3, -0.25) is 9.99 Å². The number of allylic oxidation sites excluding steroid dienone is 1. The maximum Gasteiger partial charge on any atom is 0.106 e. The van der Waals surface area contributed by atoms with E-state index in [0.717, 1.165) is 29.8 Å². The normalized spacial score (nSPS) is 17.4. The standard InChI is InChI=1S/C23H24N6.CH2O/c1-24-23(11-12-23)16-5-7-17(8-6-16)28-21-18(9-10-19-22(21)29(19)25-2)20(27-28)15-4-3-13-26-14-15;1-2/h3-8,13-14,24-25H,9-12H2,1-2H3;1H2. The van der Waals surface area contributed by atoms with E-state index in [1.54, 1.807) is 0 Å². The number of nitrogens with zero attached hydrogens (tertiary/aromatic N) is 4. The van der Waals surface area contributed by atoms with E-state index in [4.69, 9.17) is 9.89 Å². The van der Waals surface area contributed by atoms with Crippen LogP contribution in [0.3, 0.4) is 0 Å². The van der Waals surface area contributed by atoms with Gasteiger partial charge in [-0.15, -0.1) is 0 Å². The van der Waals surface area contributed by atoms with E-state index in [1.165, 1.54) is 41.1 Å². The molecule has 2 aromatic heterocycles. The summed E-state index contributed by atoms with van der Waals surface area (Å²) >= 11 is 0. The molecular formula is C24H26N6O. The predicted octanol–water partition coefficient (Wildman–Crippen LogP) is 3.02. The first-order valence-electron chi connectivity index (χ1n) is 10.6. The molecule has 0 spiro atoms. The molecule has 3 aliphatic rings. The average molecular weight is 415 g/mol. The number of hydrogen-bond donors (Lipinski definition) is 2. The average Bonchev–Trinajstić information content (AvgIpc) is 3.75. The summed E-state index contributed by atoms with van der Waals surface area (Å²) in [4.78, 5) is 12.3. The van der Waals surface area contributed by atoms with Gasteiger partial charge in [-0.2, -0.15) is 5.10 Å². The molecular weight excluding hydrogens is 388 g/mol. The quantitative estimate of drug-likeness (QED) is 0.669. The van der Waals surface area contributed by atoms with Crippen LogP contribution in [0.25, 0.3) is 22.6 Å². The third kappa shape index (κ3) is 3.00. The molecule has 0 bridgehead atoms. The number of fused-ring (bicyclic) bond motifs is 2. The third-order valence-corrected chi connectivity index (χ3v) is 6.59. The lowest BCUT2D eigenvalue weighted by molar-refractivity contribution is -0.0979. The fourth-order valence-corrected chi connectivity index (χ4v) is 4.74. The predicted molar refractivity (Wildman–Crippen MR) is 120 cm³/mol. The number of carbonyl (C=O) groups excluding carboxylic acids is 1. The molecule has 1 saturated carbocycles. The van der Waals surface area contributed by atoms with Gasteiger partial charge in [0, 0.05) is 36.1 Å². The first-order valence-corrected chi connectivity index (χ1v) is 10.6. The second-order valence-corrected chi connectivity index (χ2v) is 8.06. The van der Waals surface area contributed by atoms with E-state index in [-0.39, 0.29) is 5.54 Å². The number of nitrogens with one attached hydrogen (secondary N) is 2. The monoisotopic (exact) mass is 414 g/mol. The van der Waals surface area contributed by atoms with Crippen LogP contribution in [-0.4, -0.2) is 40.7 Å². The zero-order valence-corrected chi connectivity index (χ0v) is 17.9.